The van der Waals surface area contributed by atoms with Crippen molar-refractivity contribution in [3.63, 3.8) is 0 Å². The summed E-state index contributed by atoms with van der Waals surface area (Å²) in [6, 6.07) is 5.53. The molecular weight excluding hydrogens is 242 g/mol. The van der Waals surface area contributed by atoms with Gasteiger partial charge < -0.3 is 9.67 Å². The summed E-state index contributed by atoms with van der Waals surface area (Å²) in [6.45, 7) is 6.18. The van der Waals surface area contributed by atoms with Crippen LogP contribution in [0.3, 0.4) is 0 Å². The number of fused-ring (bicyclic) bond motifs is 1. The van der Waals surface area contributed by atoms with Crippen molar-refractivity contribution in [2.45, 2.75) is 19.9 Å². The maximum atomic E-state index is 12.2. The molecule has 0 saturated heterocycles. The fourth-order valence-corrected chi connectivity index (χ4v) is 2.15. The Hall–Kier alpha value is -2.36. The standard InChI is InChI=1S/C15H15NO3/c1-3-5-10-6-7-13-11(8-10)14(17)12(15(18)19)9-16(13)4-2/h3,6-9H,1,4-5H2,2H3,(H,18,19). The van der Waals surface area contributed by atoms with Gasteiger partial charge in [0, 0.05) is 18.1 Å². The van der Waals surface area contributed by atoms with Crippen LogP contribution in [0.25, 0.3) is 10.9 Å². The zero-order chi connectivity index (χ0) is 14.0. The summed E-state index contributed by atoms with van der Waals surface area (Å²) in [5, 5.41) is 9.53. The first-order chi connectivity index (χ1) is 9.08. The molecule has 0 unspecified atom stereocenters. The number of aryl methyl sites for hydroxylation is 1. The molecule has 0 bridgehead atoms. The number of nitrogens with zero attached hydrogens (tertiary/aromatic N) is 1. The Labute approximate surface area is 110 Å². The van der Waals surface area contributed by atoms with Gasteiger partial charge in [0.25, 0.3) is 0 Å². The summed E-state index contributed by atoms with van der Waals surface area (Å²) < 4.78 is 1.78. The Kier molecular flexibility index (Phi) is 3.51. The Bertz CT molecular complexity index is 713. The molecule has 0 radical (unpaired) electrons. The molecule has 4 heteroatoms. The van der Waals surface area contributed by atoms with E-state index in [4.69, 9.17) is 5.11 Å². The van der Waals surface area contributed by atoms with Crippen molar-refractivity contribution >= 4 is 16.9 Å². The predicted molar refractivity (Wildman–Crippen MR) is 74.7 cm³/mol. The third kappa shape index (κ3) is 2.29. The van der Waals surface area contributed by atoms with Crippen molar-refractivity contribution < 1.29 is 9.90 Å². The molecule has 1 N–H and O–H groups in total. The van der Waals surface area contributed by atoms with Gasteiger partial charge in [-0.1, -0.05) is 12.1 Å². The summed E-state index contributed by atoms with van der Waals surface area (Å²) in [5.41, 5.74) is 1.08. The van der Waals surface area contributed by atoms with Crippen molar-refractivity contribution in [3.8, 4) is 0 Å². The lowest BCUT2D eigenvalue weighted by molar-refractivity contribution is 0.0695. The van der Waals surface area contributed by atoms with Crippen molar-refractivity contribution in [1.29, 1.82) is 0 Å². The van der Waals surface area contributed by atoms with Crippen molar-refractivity contribution in [2.24, 2.45) is 0 Å². The molecular formula is C15H15NO3. The molecule has 0 aliphatic carbocycles. The number of rotatable bonds is 4. The average Bonchev–Trinajstić information content (AvgIpc) is 2.39. The number of allylic oxidation sites excluding steroid dienone is 1. The van der Waals surface area contributed by atoms with Gasteiger partial charge >= 0.3 is 5.97 Å². The molecule has 0 saturated carbocycles. The Morgan fingerprint density at radius 3 is 2.79 bits per heavy atom. The summed E-state index contributed by atoms with van der Waals surface area (Å²) in [5.74, 6) is -1.19. The van der Waals surface area contributed by atoms with E-state index in [1.807, 2.05) is 19.1 Å². The van der Waals surface area contributed by atoms with Crippen LogP contribution in [0.4, 0.5) is 0 Å². The van der Waals surface area contributed by atoms with Gasteiger partial charge in [-0.2, -0.15) is 0 Å². The van der Waals surface area contributed by atoms with E-state index < -0.39 is 11.4 Å². The maximum Gasteiger partial charge on any atom is 0.341 e. The lowest BCUT2D eigenvalue weighted by atomic mass is 10.1. The van der Waals surface area contributed by atoms with E-state index >= 15 is 0 Å². The maximum absolute atomic E-state index is 12.2. The Morgan fingerprint density at radius 1 is 1.47 bits per heavy atom. The molecule has 0 spiro atoms. The molecule has 1 aromatic heterocycles. The molecule has 1 heterocycles. The van der Waals surface area contributed by atoms with Crippen LogP contribution >= 0.6 is 0 Å². The van der Waals surface area contributed by atoms with Crippen LogP contribution < -0.4 is 5.43 Å². The number of carbonyl (C=O) groups is 1. The lowest BCUT2D eigenvalue weighted by Crippen LogP contribution is -2.18. The van der Waals surface area contributed by atoms with Crippen LogP contribution in [0.1, 0.15) is 22.8 Å². The second-order valence-corrected chi connectivity index (χ2v) is 4.31. The van der Waals surface area contributed by atoms with E-state index in [1.54, 1.807) is 16.7 Å². The number of carboxylic acids is 1. The first-order valence-corrected chi connectivity index (χ1v) is 6.08. The Morgan fingerprint density at radius 2 is 2.21 bits per heavy atom. The Balaban J connectivity index is 2.84. The minimum Gasteiger partial charge on any atom is -0.477 e. The predicted octanol–water partition coefficient (Wildman–Crippen LogP) is 2.45. The highest BCUT2D eigenvalue weighted by Gasteiger charge is 2.14. The highest BCUT2D eigenvalue weighted by atomic mass is 16.4. The van der Waals surface area contributed by atoms with Gasteiger partial charge in [0.05, 0.1) is 5.52 Å². The number of pyridine rings is 1. The molecule has 0 atom stereocenters. The van der Waals surface area contributed by atoms with Crippen LogP contribution in [-0.4, -0.2) is 15.6 Å². The fraction of sp³-hybridized carbons (Fsp3) is 0.200. The van der Waals surface area contributed by atoms with Crippen molar-refractivity contribution in [1.82, 2.24) is 4.57 Å². The quantitative estimate of drug-likeness (QED) is 0.856. The molecule has 98 valence electrons. The van der Waals surface area contributed by atoms with E-state index in [-0.39, 0.29) is 5.56 Å². The molecule has 0 fully saturated rings. The second kappa shape index (κ2) is 5.10. The van der Waals surface area contributed by atoms with Crippen molar-refractivity contribution in [3.05, 3.63) is 58.4 Å². The van der Waals surface area contributed by atoms with E-state index in [1.165, 1.54) is 6.20 Å². The largest absolute Gasteiger partial charge is 0.477 e. The number of benzene rings is 1. The van der Waals surface area contributed by atoms with E-state index in [0.29, 0.717) is 18.4 Å². The van der Waals surface area contributed by atoms with Crippen LogP contribution in [0, 0.1) is 0 Å². The molecule has 2 rings (SSSR count). The van der Waals surface area contributed by atoms with Gasteiger partial charge in [-0.15, -0.1) is 6.58 Å². The van der Waals surface area contributed by atoms with Crippen LogP contribution in [0.5, 0.6) is 0 Å². The fourth-order valence-electron chi connectivity index (χ4n) is 2.15. The number of aromatic nitrogens is 1. The number of hydrogen-bond donors (Lipinski definition) is 1. The number of aromatic carboxylic acids is 1. The molecule has 0 amide bonds. The molecule has 0 aliphatic heterocycles. The minimum atomic E-state index is -1.19. The minimum absolute atomic E-state index is 0.190. The van der Waals surface area contributed by atoms with E-state index in [0.717, 1.165) is 11.1 Å². The van der Waals surface area contributed by atoms with Gasteiger partial charge in [-0.25, -0.2) is 4.79 Å². The third-order valence-electron chi connectivity index (χ3n) is 3.10. The molecule has 2 aromatic rings. The van der Waals surface area contributed by atoms with E-state index in [9.17, 15) is 9.59 Å². The van der Waals surface area contributed by atoms with Crippen LogP contribution in [0.15, 0.2) is 41.8 Å². The van der Waals surface area contributed by atoms with Crippen LogP contribution in [-0.2, 0) is 13.0 Å². The highest BCUT2D eigenvalue weighted by Crippen LogP contribution is 2.15. The van der Waals surface area contributed by atoms with Gasteiger partial charge in [0.2, 0.25) is 5.43 Å². The molecule has 4 nitrogen and oxygen atoms in total. The lowest BCUT2D eigenvalue weighted by Gasteiger charge is -2.10. The highest BCUT2D eigenvalue weighted by molar-refractivity contribution is 5.92. The van der Waals surface area contributed by atoms with E-state index in [2.05, 4.69) is 6.58 Å². The van der Waals surface area contributed by atoms with Crippen molar-refractivity contribution in [2.75, 3.05) is 0 Å². The monoisotopic (exact) mass is 257 g/mol. The smallest absolute Gasteiger partial charge is 0.341 e. The second-order valence-electron chi connectivity index (χ2n) is 4.31. The average molecular weight is 257 g/mol. The molecule has 19 heavy (non-hydrogen) atoms. The van der Waals surface area contributed by atoms with Gasteiger partial charge in [-0.3, -0.25) is 4.79 Å². The molecule has 0 aliphatic rings. The number of carboxylic acid groups (broad SMARTS) is 1. The summed E-state index contributed by atoms with van der Waals surface area (Å²) in [6.07, 6.45) is 3.81. The first kappa shape index (κ1) is 13.1. The SMILES string of the molecule is C=CCc1ccc2c(c1)c(=O)c(C(=O)O)cn2CC. The third-order valence-corrected chi connectivity index (χ3v) is 3.10. The zero-order valence-corrected chi connectivity index (χ0v) is 10.7. The molecule has 1 aromatic carbocycles. The first-order valence-electron chi connectivity index (χ1n) is 6.08. The van der Waals surface area contributed by atoms with Gasteiger partial charge in [0.1, 0.15) is 5.56 Å². The normalized spacial score (nSPS) is 10.6. The topological polar surface area (TPSA) is 59.3 Å². The number of hydrogen-bond acceptors (Lipinski definition) is 2. The summed E-state index contributed by atoms with van der Waals surface area (Å²) >= 11 is 0. The summed E-state index contributed by atoms with van der Waals surface area (Å²) in [4.78, 5) is 23.3. The van der Waals surface area contributed by atoms with Gasteiger partial charge in [-0.05, 0) is 31.0 Å². The zero-order valence-electron chi connectivity index (χ0n) is 10.7. The van der Waals surface area contributed by atoms with Gasteiger partial charge in [0.15, 0.2) is 0 Å². The summed E-state index contributed by atoms with van der Waals surface area (Å²) in [7, 11) is 0. The van der Waals surface area contributed by atoms with Crippen LogP contribution in [0.2, 0.25) is 0 Å².